The molecule has 1 aliphatic rings. The Kier molecular flexibility index (Phi) is 2.84. The Morgan fingerprint density at radius 2 is 2.29 bits per heavy atom. The second kappa shape index (κ2) is 4.49. The lowest BCUT2D eigenvalue weighted by Crippen LogP contribution is -2.02. The maximum Gasteiger partial charge on any atom is 0.240 e. The molecule has 0 aliphatic heterocycles. The minimum Gasteiger partial charge on any atom is -0.476 e. The first-order chi connectivity index (χ1) is 8.36. The first-order valence-corrected chi connectivity index (χ1v) is 6.88. The molecule has 1 aliphatic carbocycles. The number of hydrogen-bond donors (Lipinski definition) is 0. The van der Waals surface area contributed by atoms with Crippen LogP contribution < -0.4 is 4.74 Å². The van der Waals surface area contributed by atoms with E-state index in [0.29, 0.717) is 11.8 Å². The van der Waals surface area contributed by atoms with Crippen LogP contribution >= 0.6 is 11.8 Å². The molecule has 17 heavy (non-hydrogen) atoms. The number of aromatic nitrogens is 3. The maximum atomic E-state index is 5.73. The Morgan fingerprint density at radius 3 is 3.06 bits per heavy atom. The van der Waals surface area contributed by atoms with Crippen LogP contribution in [0.4, 0.5) is 0 Å². The summed E-state index contributed by atoms with van der Waals surface area (Å²) < 4.78 is 5.73. The molecule has 2 heterocycles. The normalized spacial score (nSPS) is 15.1. The van der Waals surface area contributed by atoms with Gasteiger partial charge in [0.1, 0.15) is 5.52 Å². The van der Waals surface area contributed by atoms with Crippen LogP contribution in [0.1, 0.15) is 12.8 Å². The summed E-state index contributed by atoms with van der Waals surface area (Å²) in [7, 11) is 0. The monoisotopic (exact) mass is 247 g/mol. The summed E-state index contributed by atoms with van der Waals surface area (Å²) in [6, 6.07) is 1.91. The Hall–Kier alpha value is -1.36. The zero-order valence-electron chi connectivity index (χ0n) is 9.59. The maximum absolute atomic E-state index is 5.73. The second-order valence-corrected chi connectivity index (χ2v) is 4.94. The zero-order valence-corrected chi connectivity index (χ0v) is 10.4. The van der Waals surface area contributed by atoms with Gasteiger partial charge in [-0.05, 0) is 31.1 Å². The third-order valence-corrected chi connectivity index (χ3v) is 3.34. The predicted octanol–water partition coefficient (Wildman–Crippen LogP) is 2.54. The quantitative estimate of drug-likeness (QED) is 0.613. The van der Waals surface area contributed by atoms with E-state index in [0.717, 1.165) is 22.7 Å². The van der Waals surface area contributed by atoms with Gasteiger partial charge in [0, 0.05) is 17.8 Å². The van der Waals surface area contributed by atoms with Gasteiger partial charge in [-0.3, -0.25) is 0 Å². The molecule has 88 valence electrons. The summed E-state index contributed by atoms with van der Waals surface area (Å²) in [6.07, 6.45) is 8.07. The number of pyridine rings is 1. The van der Waals surface area contributed by atoms with E-state index in [9.17, 15) is 0 Å². The van der Waals surface area contributed by atoms with E-state index in [1.165, 1.54) is 24.6 Å². The van der Waals surface area contributed by atoms with Crippen molar-refractivity contribution >= 4 is 22.7 Å². The number of ether oxygens (including phenoxy) is 1. The average Bonchev–Trinajstić information content (AvgIpc) is 3.19. The van der Waals surface area contributed by atoms with E-state index < -0.39 is 0 Å². The molecule has 4 nitrogen and oxygen atoms in total. The molecule has 5 heteroatoms. The molecular weight excluding hydrogens is 234 g/mol. The third kappa shape index (κ3) is 2.34. The van der Waals surface area contributed by atoms with Gasteiger partial charge in [-0.15, -0.1) is 0 Å². The van der Waals surface area contributed by atoms with Crippen molar-refractivity contribution in [1.29, 1.82) is 0 Å². The van der Waals surface area contributed by atoms with E-state index in [1.807, 2.05) is 18.5 Å². The number of fused-ring (bicyclic) bond motifs is 1. The largest absolute Gasteiger partial charge is 0.476 e. The Bertz CT molecular complexity index is 542. The molecular formula is C12H13N3OS. The summed E-state index contributed by atoms with van der Waals surface area (Å²) in [5.41, 5.74) is 0.813. The van der Waals surface area contributed by atoms with Gasteiger partial charge in [-0.1, -0.05) is 11.8 Å². The molecule has 2 aromatic rings. The lowest BCUT2D eigenvalue weighted by atomic mass is 10.3. The lowest BCUT2D eigenvalue weighted by Gasteiger charge is -2.07. The molecule has 1 saturated carbocycles. The van der Waals surface area contributed by atoms with Gasteiger partial charge < -0.3 is 4.74 Å². The highest BCUT2D eigenvalue weighted by Crippen LogP contribution is 2.30. The van der Waals surface area contributed by atoms with E-state index in [2.05, 4.69) is 15.0 Å². The van der Waals surface area contributed by atoms with E-state index in [1.54, 1.807) is 6.20 Å². The van der Waals surface area contributed by atoms with Gasteiger partial charge in [0.2, 0.25) is 5.88 Å². The summed E-state index contributed by atoms with van der Waals surface area (Å²) >= 11 is 1.52. The molecule has 0 unspecified atom stereocenters. The molecule has 0 radical (unpaired) electrons. The van der Waals surface area contributed by atoms with Crippen molar-refractivity contribution in [1.82, 2.24) is 15.0 Å². The van der Waals surface area contributed by atoms with Gasteiger partial charge in [0.05, 0.1) is 6.61 Å². The zero-order chi connectivity index (χ0) is 11.7. The number of nitrogens with zero attached hydrogens (tertiary/aromatic N) is 3. The van der Waals surface area contributed by atoms with Crippen molar-refractivity contribution in [3.63, 3.8) is 0 Å². The average molecular weight is 247 g/mol. The minimum absolute atomic E-state index is 0.632. The standard InChI is InChI=1S/C12H13N3OS/c1-17-12-14-6-9-4-5-13-11(10(9)15-12)16-7-8-2-3-8/h4-6,8H,2-3,7H2,1H3. The molecule has 1 fully saturated rings. The van der Waals surface area contributed by atoms with Crippen LogP contribution in [0.5, 0.6) is 5.88 Å². The number of rotatable bonds is 4. The fourth-order valence-electron chi connectivity index (χ4n) is 1.60. The number of hydrogen-bond acceptors (Lipinski definition) is 5. The van der Waals surface area contributed by atoms with Gasteiger partial charge in [0.15, 0.2) is 5.16 Å². The van der Waals surface area contributed by atoms with Crippen molar-refractivity contribution in [2.75, 3.05) is 12.9 Å². The summed E-state index contributed by atoms with van der Waals surface area (Å²) in [6.45, 7) is 0.755. The summed E-state index contributed by atoms with van der Waals surface area (Å²) in [5, 5.41) is 1.73. The molecule has 0 spiro atoms. The fourth-order valence-corrected chi connectivity index (χ4v) is 1.94. The Balaban J connectivity index is 1.96. The predicted molar refractivity (Wildman–Crippen MR) is 67.3 cm³/mol. The molecule has 2 aromatic heterocycles. The smallest absolute Gasteiger partial charge is 0.240 e. The molecule has 0 aromatic carbocycles. The third-order valence-electron chi connectivity index (χ3n) is 2.78. The van der Waals surface area contributed by atoms with Crippen molar-refractivity contribution in [3.8, 4) is 5.88 Å². The van der Waals surface area contributed by atoms with Gasteiger partial charge >= 0.3 is 0 Å². The highest BCUT2D eigenvalue weighted by atomic mass is 32.2. The highest BCUT2D eigenvalue weighted by Gasteiger charge is 2.22. The van der Waals surface area contributed by atoms with Crippen LogP contribution in [0.3, 0.4) is 0 Å². The summed E-state index contributed by atoms with van der Waals surface area (Å²) in [5.74, 6) is 1.35. The number of thioether (sulfide) groups is 1. The lowest BCUT2D eigenvalue weighted by molar-refractivity contribution is 0.291. The van der Waals surface area contributed by atoms with Crippen LogP contribution in [0.25, 0.3) is 10.9 Å². The van der Waals surface area contributed by atoms with Crippen LogP contribution in [0.2, 0.25) is 0 Å². The first-order valence-electron chi connectivity index (χ1n) is 5.65. The second-order valence-electron chi connectivity index (χ2n) is 4.17. The Morgan fingerprint density at radius 1 is 1.41 bits per heavy atom. The van der Waals surface area contributed by atoms with Crippen molar-refractivity contribution < 1.29 is 4.74 Å². The molecule has 3 rings (SSSR count). The van der Waals surface area contributed by atoms with Crippen LogP contribution in [0.15, 0.2) is 23.6 Å². The topological polar surface area (TPSA) is 47.9 Å². The Labute approximate surface area is 104 Å². The molecule has 0 N–H and O–H groups in total. The first kappa shape index (κ1) is 10.8. The highest BCUT2D eigenvalue weighted by molar-refractivity contribution is 7.98. The van der Waals surface area contributed by atoms with Crippen molar-refractivity contribution in [2.45, 2.75) is 18.0 Å². The van der Waals surface area contributed by atoms with Gasteiger partial charge in [-0.25, -0.2) is 15.0 Å². The van der Waals surface area contributed by atoms with Gasteiger partial charge in [0.25, 0.3) is 0 Å². The van der Waals surface area contributed by atoms with Gasteiger partial charge in [-0.2, -0.15) is 0 Å². The minimum atomic E-state index is 0.632. The van der Waals surface area contributed by atoms with Crippen molar-refractivity contribution in [2.24, 2.45) is 5.92 Å². The van der Waals surface area contributed by atoms with Crippen LogP contribution in [0, 0.1) is 5.92 Å². The van der Waals surface area contributed by atoms with Crippen LogP contribution in [-0.2, 0) is 0 Å². The molecule has 0 amide bonds. The SMILES string of the molecule is CSc1ncc2ccnc(OCC3CC3)c2n1. The van der Waals surface area contributed by atoms with Crippen molar-refractivity contribution in [3.05, 3.63) is 18.5 Å². The van der Waals surface area contributed by atoms with E-state index in [-0.39, 0.29) is 0 Å². The summed E-state index contributed by atoms with van der Waals surface area (Å²) in [4.78, 5) is 13.0. The van der Waals surface area contributed by atoms with E-state index in [4.69, 9.17) is 4.74 Å². The van der Waals surface area contributed by atoms with Crippen LogP contribution in [-0.4, -0.2) is 27.8 Å². The molecule has 0 saturated heterocycles. The molecule has 0 bridgehead atoms. The molecule has 0 atom stereocenters. The van der Waals surface area contributed by atoms with E-state index >= 15 is 0 Å². The fraction of sp³-hybridized carbons (Fsp3) is 0.417.